The van der Waals surface area contributed by atoms with Crippen LogP contribution in [0.3, 0.4) is 0 Å². The number of nitrogens with zero attached hydrogens (tertiary/aromatic N) is 4. The Balaban J connectivity index is 1.39. The second kappa shape index (κ2) is 8.03. The van der Waals surface area contributed by atoms with Gasteiger partial charge in [0.2, 0.25) is 5.88 Å². The molecule has 0 amide bonds. The molecular weight excluding hydrogens is 376 g/mol. The molecule has 0 bridgehead atoms. The van der Waals surface area contributed by atoms with Gasteiger partial charge in [0, 0.05) is 60.7 Å². The van der Waals surface area contributed by atoms with Crippen molar-refractivity contribution < 1.29 is 9.47 Å². The van der Waals surface area contributed by atoms with E-state index in [0.29, 0.717) is 37.0 Å². The standard InChI is InChI=1S/C24H26N4O2/c1-16-7-8-18(11-26-16)12-28-13-19(14-30-23-9-10-25-17(2)27-23)21-15-29-22-6-4-3-5-20(22)24(21)28/h3-11,19,21,24H,12-15H2,1-2H3/t19-,21-,24-/m0/s1. The highest BCUT2D eigenvalue weighted by Crippen LogP contribution is 2.47. The lowest BCUT2D eigenvalue weighted by molar-refractivity contribution is 0.121. The number of fused-ring (bicyclic) bond motifs is 3. The van der Waals surface area contributed by atoms with E-state index in [1.54, 1.807) is 6.20 Å². The molecule has 6 heteroatoms. The first kappa shape index (κ1) is 19.0. The summed E-state index contributed by atoms with van der Waals surface area (Å²) in [6.07, 6.45) is 3.73. The van der Waals surface area contributed by atoms with Crippen molar-refractivity contribution in [2.45, 2.75) is 26.4 Å². The van der Waals surface area contributed by atoms with Crippen LogP contribution in [0.5, 0.6) is 11.6 Å². The molecule has 3 aromatic rings. The van der Waals surface area contributed by atoms with Crippen LogP contribution in [0.4, 0.5) is 0 Å². The Hall–Kier alpha value is -2.99. The quantitative estimate of drug-likeness (QED) is 0.648. The fourth-order valence-corrected chi connectivity index (χ4v) is 4.65. The summed E-state index contributed by atoms with van der Waals surface area (Å²) in [6.45, 7) is 7.04. The highest BCUT2D eigenvalue weighted by molar-refractivity contribution is 5.39. The highest BCUT2D eigenvalue weighted by atomic mass is 16.5. The van der Waals surface area contributed by atoms with Gasteiger partial charge in [0.15, 0.2) is 0 Å². The Kier molecular flexibility index (Phi) is 5.09. The predicted octanol–water partition coefficient (Wildman–Crippen LogP) is 3.75. The molecular formula is C24H26N4O2. The van der Waals surface area contributed by atoms with Gasteiger partial charge in [-0.15, -0.1) is 0 Å². The lowest BCUT2D eigenvalue weighted by Gasteiger charge is -2.34. The lowest BCUT2D eigenvalue weighted by atomic mass is 9.85. The zero-order valence-corrected chi connectivity index (χ0v) is 17.4. The second-order valence-corrected chi connectivity index (χ2v) is 8.21. The molecule has 2 aliphatic rings. The minimum Gasteiger partial charge on any atom is -0.493 e. The van der Waals surface area contributed by atoms with Gasteiger partial charge in [-0.1, -0.05) is 24.3 Å². The lowest BCUT2D eigenvalue weighted by Crippen LogP contribution is -2.32. The molecule has 0 saturated carbocycles. The summed E-state index contributed by atoms with van der Waals surface area (Å²) in [5, 5.41) is 0. The van der Waals surface area contributed by atoms with Crippen LogP contribution in [0.25, 0.3) is 0 Å². The van der Waals surface area contributed by atoms with Crippen LogP contribution in [-0.4, -0.2) is 39.6 Å². The van der Waals surface area contributed by atoms with Gasteiger partial charge < -0.3 is 9.47 Å². The number of likely N-dealkylation sites (tertiary alicyclic amines) is 1. The molecule has 3 atom stereocenters. The number of pyridine rings is 1. The Labute approximate surface area is 176 Å². The van der Waals surface area contributed by atoms with Crippen molar-refractivity contribution in [3.8, 4) is 11.6 Å². The number of hydrogen-bond donors (Lipinski definition) is 0. The third-order valence-corrected chi connectivity index (χ3v) is 6.10. The Morgan fingerprint density at radius 1 is 1.10 bits per heavy atom. The van der Waals surface area contributed by atoms with Crippen molar-refractivity contribution in [1.82, 2.24) is 19.9 Å². The van der Waals surface area contributed by atoms with Crippen LogP contribution in [0.1, 0.15) is 28.7 Å². The van der Waals surface area contributed by atoms with Gasteiger partial charge in [0.05, 0.1) is 13.2 Å². The SMILES string of the molecule is Cc1ccc(CN2C[C@@H](COc3ccnc(C)n3)[C@@H]3COc4ccccc4[C@@H]32)cn1. The zero-order chi connectivity index (χ0) is 20.5. The van der Waals surface area contributed by atoms with Crippen molar-refractivity contribution in [2.75, 3.05) is 19.8 Å². The number of hydrogen-bond acceptors (Lipinski definition) is 6. The van der Waals surface area contributed by atoms with Crippen LogP contribution < -0.4 is 9.47 Å². The fraction of sp³-hybridized carbons (Fsp3) is 0.375. The van der Waals surface area contributed by atoms with Crippen molar-refractivity contribution in [2.24, 2.45) is 11.8 Å². The third-order valence-electron chi connectivity index (χ3n) is 6.10. The molecule has 0 radical (unpaired) electrons. The van der Waals surface area contributed by atoms with Crippen molar-refractivity contribution in [3.63, 3.8) is 0 Å². The van der Waals surface area contributed by atoms with E-state index in [-0.39, 0.29) is 0 Å². The summed E-state index contributed by atoms with van der Waals surface area (Å²) >= 11 is 0. The predicted molar refractivity (Wildman–Crippen MR) is 113 cm³/mol. The maximum absolute atomic E-state index is 6.13. The zero-order valence-electron chi connectivity index (χ0n) is 17.4. The number of aryl methyl sites for hydroxylation is 2. The summed E-state index contributed by atoms with van der Waals surface area (Å²) in [6, 6.07) is 14.8. The van der Waals surface area contributed by atoms with Crippen molar-refractivity contribution >= 4 is 0 Å². The molecule has 0 spiro atoms. The van der Waals surface area contributed by atoms with Gasteiger partial charge in [0.25, 0.3) is 0 Å². The first-order chi connectivity index (χ1) is 14.7. The van der Waals surface area contributed by atoms with E-state index in [0.717, 1.165) is 30.4 Å². The number of para-hydroxylation sites is 1. The van der Waals surface area contributed by atoms with E-state index in [9.17, 15) is 0 Å². The summed E-state index contributed by atoms with van der Waals surface area (Å²) in [5.41, 5.74) is 3.55. The molecule has 0 N–H and O–H groups in total. The molecule has 2 aliphatic heterocycles. The largest absolute Gasteiger partial charge is 0.493 e. The van der Waals surface area contributed by atoms with Gasteiger partial charge >= 0.3 is 0 Å². The summed E-state index contributed by atoms with van der Waals surface area (Å²) in [5.74, 6) is 3.09. The molecule has 6 nitrogen and oxygen atoms in total. The molecule has 30 heavy (non-hydrogen) atoms. The van der Waals surface area contributed by atoms with Gasteiger partial charge in [-0.05, 0) is 31.5 Å². The Morgan fingerprint density at radius 2 is 2.00 bits per heavy atom. The second-order valence-electron chi connectivity index (χ2n) is 8.21. The Bertz CT molecular complexity index is 1020. The van der Waals surface area contributed by atoms with Gasteiger partial charge in [-0.25, -0.2) is 4.98 Å². The smallest absolute Gasteiger partial charge is 0.216 e. The molecule has 1 fully saturated rings. The first-order valence-electron chi connectivity index (χ1n) is 10.5. The molecule has 5 rings (SSSR count). The van der Waals surface area contributed by atoms with Crippen LogP contribution in [0.15, 0.2) is 54.9 Å². The number of ether oxygens (including phenoxy) is 2. The van der Waals surface area contributed by atoms with Crippen molar-refractivity contribution in [3.05, 3.63) is 77.5 Å². The number of aromatic nitrogens is 3. The fourth-order valence-electron chi connectivity index (χ4n) is 4.65. The summed E-state index contributed by atoms with van der Waals surface area (Å²) in [4.78, 5) is 15.6. The molecule has 0 unspecified atom stereocenters. The highest BCUT2D eigenvalue weighted by Gasteiger charge is 2.46. The van der Waals surface area contributed by atoms with Crippen LogP contribution >= 0.6 is 0 Å². The molecule has 2 aromatic heterocycles. The average Bonchev–Trinajstić information content (AvgIpc) is 3.12. The Morgan fingerprint density at radius 3 is 2.83 bits per heavy atom. The van der Waals surface area contributed by atoms with E-state index >= 15 is 0 Å². The third kappa shape index (κ3) is 3.75. The molecule has 0 aliphatic carbocycles. The van der Waals surface area contributed by atoms with E-state index < -0.39 is 0 Å². The molecule has 4 heterocycles. The van der Waals surface area contributed by atoms with E-state index in [4.69, 9.17) is 9.47 Å². The topological polar surface area (TPSA) is 60.4 Å². The monoisotopic (exact) mass is 402 g/mol. The van der Waals surface area contributed by atoms with Gasteiger partial charge in [-0.3, -0.25) is 9.88 Å². The maximum Gasteiger partial charge on any atom is 0.216 e. The van der Waals surface area contributed by atoms with E-state index in [1.807, 2.05) is 32.2 Å². The van der Waals surface area contributed by atoms with Crippen LogP contribution in [0, 0.1) is 25.7 Å². The average molecular weight is 402 g/mol. The van der Waals surface area contributed by atoms with Crippen LogP contribution in [-0.2, 0) is 6.54 Å². The maximum atomic E-state index is 6.13. The van der Waals surface area contributed by atoms with E-state index in [2.05, 4.69) is 50.2 Å². The minimum atomic E-state index is 0.317. The normalized spacial score (nSPS) is 22.8. The van der Waals surface area contributed by atoms with Crippen LogP contribution in [0.2, 0.25) is 0 Å². The minimum absolute atomic E-state index is 0.317. The van der Waals surface area contributed by atoms with E-state index in [1.165, 1.54) is 11.1 Å². The van der Waals surface area contributed by atoms with Gasteiger partial charge in [0.1, 0.15) is 11.6 Å². The molecule has 154 valence electrons. The molecule has 1 aromatic carbocycles. The summed E-state index contributed by atoms with van der Waals surface area (Å²) < 4.78 is 12.2. The van der Waals surface area contributed by atoms with Gasteiger partial charge in [-0.2, -0.15) is 4.98 Å². The van der Waals surface area contributed by atoms with Crippen molar-refractivity contribution in [1.29, 1.82) is 0 Å². The molecule has 1 saturated heterocycles. The number of rotatable bonds is 5. The first-order valence-corrected chi connectivity index (χ1v) is 10.5. The number of benzene rings is 1. The summed E-state index contributed by atoms with van der Waals surface area (Å²) in [7, 11) is 0.